The zero-order valence-electron chi connectivity index (χ0n) is 14.9. The summed E-state index contributed by atoms with van der Waals surface area (Å²) >= 11 is 0. The van der Waals surface area contributed by atoms with Gasteiger partial charge in [-0.25, -0.2) is 9.59 Å². The fourth-order valence-corrected chi connectivity index (χ4v) is 4.04. The maximum atomic E-state index is 12.8. The van der Waals surface area contributed by atoms with Crippen LogP contribution >= 0.6 is 0 Å². The number of carbonyl (C=O) groups excluding carboxylic acids is 3. The number of ketones is 1. The summed E-state index contributed by atoms with van der Waals surface area (Å²) in [5, 5.41) is 0. The lowest BCUT2D eigenvalue weighted by Crippen LogP contribution is -2.35. The van der Waals surface area contributed by atoms with Crippen molar-refractivity contribution in [1.29, 1.82) is 0 Å². The summed E-state index contributed by atoms with van der Waals surface area (Å²) in [6.45, 7) is 3.69. The van der Waals surface area contributed by atoms with Gasteiger partial charge in [-0.3, -0.25) is 4.79 Å². The second kappa shape index (κ2) is 6.14. The van der Waals surface area contributed by atoms with Gasteiger partial charge in [-0.15, -0.1) is 0 Å². The highest BCUT2D eigenvalue weighted by Crippen LogP contribution is 2.61. The molecule has 4 rings (SSSR count). The van der Waals surface area contributed by atoms with Crippen LogP contribution in [-0.2, 0) is 38.1 Å². The van der Waals surface area contributed by atoms with E-state index in [2.05, 4.69) is 0 Å². The maximum Gasteiger partial charge on any atom is 0.337 e. The Bertz CT molecular complexity index is 697. The Labute approximate surface area is 150 Å². The molecule has 0 aromatic carbocycles. The fraction of sp³-hybridized carbons (Fsp3) is 0.722. The molecule has 0 amide bonds. The molecule has 26 heavy (non-hydrogen) atoms. The van der Waals surface area contributed by atoms with Gasteiger partial charge < -0.3 is 23.7 Å². The maximum absolute atomic E-state index is 12.8. The van der Waals surface area contributed by atoms with Crippen LogP contribution in [0.5, 0.6) is 0 Å². The number of Topliss-reactive ketones (excluding diaryl/α,β-unsaturated/α-hetero) is 1. The number of esters is 2. The molecular formula is C18H22O8. The minimum Gasteiger partial charge on any atom is -0.463 e. The molecule has 0 unspecified atom stereocenters. The Morgan fingerprint density at radius 3 is 2.04 bits per heavy atom. The first kappa shape index (κ1) is 17.6. The Morgan fingerprint density at radius 2 is 1.50 bits per heavy atom. The van der Waals surface area contributed by atoms with Gasteiger partial charge in [0.2, 0.25) is 0 Å². The number of ether oxygens (including phenoxy) is 5. The van der Waals surface area contributed by atoms with Crippen LogP contribution < -0.4 is 0 Å². The molecule has 2 bridgehead atoms. The van der Waals surface area contributed by atoms with Gasteiger partial charge in [0.25, 0.3) is 0 Å². The molecule has 1 aliphatic carbocycles. The second-order valence-corrected chi connectivity index (χ2v) is 6.90. The number of carbonyl (C=O) groups is 3. The fourth-order valence-electron chi connectivity index (χ4n) is 4.04. The van der Waals surface area contributed by atoms with E-state index in [4.69, 9.17) is 23.7 Å². The van der Waals surface area contributed by atoms with Gasteiger partial charge in [-0.2, -0.15) is 0 Å². The molecule has 0 N–H and O–H groups in total. The van der Waals surface area contributed by atoms with E-state index in [9.17, 15) is 14.4 Å². The minimum atomic E-state index is -1.15. The predicted molar refractivity (Wildman–Crippen MR) is 84.7 cm³/mol. The van der Waals surface area contributed by atoms with Crippen molar-refractivity contribution in [2.24, 2.45) is 0 Å². The highest BCUT2D eigenvalue weighted by Gasteiger charge is 2.75. The van der Waals surface area contributed by atoms with Crippen molar-refractivity contribution in [2.75, 3.05) is 13.2 Å². The van der Waals surface area contributed by atoms with Crippen LogP contribution in [0.1, 0.15) is 46.0 Å². The van der Waals surface area contributed by atoms with Gasteiger partial charge in [0.15, 0.2) is 23.8 Å². The lowest BCUT2D eigenvalue weighted by molar-refractivity contribution is -0.143. The number of hydrogen-bond donors (Lipinski definition) is 0. The van der Waals surface area contributed by atoms with Crippen molar-refractivity contribution < 1.29 is 38.1 Å². The molecule has 4 atom stereocenters. The average Bonchev–Trinajstić information content (AvgIpc) is 3.46. The monoisotopic (exact) mass is 366 g/mol. The van der Waals surface area contributed by atoms with E-state index in [-0.39, 0.29) is 43.0 Å². The third kappa shape index (κ3) is 2.51. The molecule has 3 aliphatic heterocycles. The van der Waals surface area contributed by atoms with E-state index in [1.165, 1.54) is 0 Å². The Morgan fingerprint density at radius 1 is 0.962 bits per heavy atom. The van der Waals surface area contributed by atoms with E-state index in [0.29, 0.717) is 19.3 Å². The zero-order chi connectivity index (χ0) is 18.5. The molecule has 0 radical (unpaired) electrons. The van der Waals surface area contributed by atoms with Gasteiger partial charge in [0, 0.05) is 12.8 Å². The van der Waals surface area contributed by atoms with Crippen molar-refractivity contribution in [2.45, 2.75) is 69.7 Å². The third-order valence-electron chi connectivity index (χ3n) is 5.36. The number of rotatable bonds is 4. The minimum absolute atomic E-state index is 0.0932. The zero-order valence-corrected chi connectivity index (χ0v) is 14.9. The molecule has 0 aromatic rings. The average molecular weight is 366 g/mol. The number of hydrogen-bond acceptors (Lipinski definition) is 8. The van der Waals surface area contributed by atoms with Crippen molar-refractivity contribution in [3.05, 3.63) is 11.1 Å². The van der Waals surface area contributed by atoms with Crippen molar-refractivity contribution in [1.82, 2.24) is 0 Å². The standard InChI is InChI=1S/C18H22O8/c1-3-22-13(20)11-12(14(21)23-4-2)18-9-7-10(19)6-5-8-17(11)15(25-17)24-16(18)26-18/h15-16H,3-9H2,1-2H3/t15-,16+,17-,18+/m1/s1. The van der Waals surface area contributed by atoms with Crippen LogP contribution in [-0.4, -0.2) is 54.7 Å². The van der Waals surface area contributed by atoms with E-state index < -0.39 is 35.7 Å². The summed E-state index contributed by atoms with van der Waals surface area (Å²) in [5.41, 5.74) is -1.99. The summed E-state index contributed by atoms with van der Waals surface area (Å²) in [4.78, 5) is 37.8. The van der Waals surface area contributed by atoms with Crippen molar-refractivity contribution in [3.63, 3.8) is 0 Å². The largest absolute Gasteiger partial charge is 0.463 e. The van der Waals surface area contributed by atoms with E-state index >= 15 is 0 Å². The van der Waals surface area contributed by atoms with Gasteiger partial charge in [0.1, 0.15) is 5.78 Å². The van der Waals surface area contributed by atoms with Crippen LogP contribution in [0.2, 0.25) is 0 Å². The Balaban J connectivity index is 1.88. The topological polar surface area (TPSA) is 104 Å². The highest BCUT2D eigenvalue weighted by atomic mass is 16.9. The first-order valence-corrected chi connectivity index (χ1v) is 9.10. The summed E-state index contributed by atoms with van der Waals surface area (Å²) in [6.07, 6.45) is 0.414. The third-order valence-corrected chi connectivity index (χ3v) is 5.36. The molecule has 2 spiro atoms. The van der Waals surface area contributed by atoms with Gasteiger partial charge in [0.05, 0.1) is 24.4 Å². The first-order valence-electron chi connectivity index (χ1n) is 9.10. The SMILES string of the molecule is CCOC(=O)C1=C(C(=O)OCC)[C@]23CCCC(=O)CC[C@]14O[C@@H]4O[C@@H]2O3. The molecule has 142 valence electrons. The van der Waals surface area contributed by atoms with E-state index in [0.717, 1.165) is 0 Å². The van der Waals surface area contributed by atoms with Gasteiger partial charge >= 0.3 is 11.9 Å². The molecule has 8 nitrogen and oxygen atoms in total. The first-order chi connectivity index (χ1) is 12.5. The van der Waals surface area contributed by atoms with Crippen LogP contribution in [0.4, 0.5) is 0 Å². The molecule has 2 fully saturated rings. The Kier molecular flexibility index (Phi) is 4.17. The highest BCUT2D eigenvalue weighted by molar-refractivity contribution is 6.04. The molecule has 0 saturated carbocycles. The molecule has 2 saturated heterocycles. The lowest BCUT2D eigenvalue weighted by Gasteiger charge is -2.23. The Hall–Kier alpha value is -1.77. The van der Waals surface area contributed by atoms with E-state index in [1.54, 1.807) is 13.8 Å². The summed E-state index contributed by atoms with van der Waals surface area (Å²) < 4.78 is 27.8. The van der Waals surface area contributed by atoms with Gasteiger partial charge in [-0.05, 0) is 33.1 Å². The summed E-state index contributed by atoms with van der Waals surface area (Å²) in [7, 11) is 0. The lowest BCUT2D eigenvalue weighted by atomic mass is 9.81. The molecule has 3 heterocycles. The molecular weight excluding hydrogens is 344 g/mol. The van der Waals surface area contributed by atoms with E-state index in [1.807, 2.05) is 0 Å². The van der Waals surface area contributed by atoms with Crippen LogP contribution in [0.3, 0.4) is 0 Å². The van der Waals surface area contributed by atoms with Crippen molar-refractivity contribution >= 4 is 17.7 Å². The van der Waals surface area contributed by atoms with Crippen LogP contribution in [0.25, 0.3) is 0 Å². The molecule has 0 aromatic heterocycles. The van der Waals surface area contributed by atoms with Gasteiger partial charge in [-0.1, -0.05) is 0 Å². The normalized spacial score (nSPS) is 38.0. The van der Waals surface area contributed by atoms with Crippen LogP contribution in [0, 0.1) is 0 Å². The summed E-state index contributed by atoms with van der Waals surface area (Å²) in [6, 6.07) is 0. The quantitative estimate of drug-likeness (QED) is 0.539. The van der Waals surface area contributed by atoms with Crippen LogP contribution in [0.15, 0.2) is 11.1 Å². The summed E-state index contributed by atoms with van der Waals surface area (Å²) in [5.74, 6) is -1.18. The van der Waals surface area contributed by atoms with Crippen molar-refractivity contribution in [3.8, 4) is 0 Å². The smallest absolute Gasteiger partial charge is 0.337 e. The predicted octanol–water partition coefficient (Wildman–Crippen LogP) is 1.16. The molecule has 8 heteroatoms. The molecule has 4 aliphatic rings. The number of epoxide rings is 2. The second-order valence-electron chi connectivity index (χ2n) is 6.90.